The Balaban J connectivity index is 1.86. The number of aromatic nitrogens is 3. The van der Waals surface area contributed by atoms with E-state index >= 15 is 0 Å². The maximum absolute atomic E-state index is 14.2. The highest BCUT2D eigenvalue weighted by molar-refractivity contribution is 6.31. The van der Waals surface area contributed by atoms with Gasteiger partial charge < -0.3 is 15.2 Å². The molecule has 2 aromatic rings. The van der Waals surface area contributed by atoms with E-state index in [1.165, 1.54) is 0 Å². The van der Waals surface area contributed by atoms with Gasteiger partial charge in [-0.2, -0.15) is 15.2 Å². The number of fused-ring (bicyclic) bond motifs is 1. The van der Waals surface area contributed by atoms with Crippen molar-refractivity contribution < 1.29 is 14.2 Å². The highest BCUT2D eigenvalue weighted by Crippen LogP contribution is 2.35. The Morgan fingerprint density at radius 1 is 1.31 bits per heavy atom. The number of hydrogen-bond acceptors (Lipinski definition) is 7. The first-order chi connectivity index (χ1) is 12.5. The molecule has 0 aliphatic carbocycles. The molecule has 0 bridgehead atoms. The van der Waals surface area contributed by atoms with Gasteiger partial charge in [-0.3, -0.25) is 0 Å². The van der Waals surface area contributed by atoms with Gasteiger partial charge in [-0.25, -0.2) is 9.37 Å². The fourth-order valence-corrected chi connectivity index (χ4v) is 3.30. The van der Waals surface area contributed by atoms with Gasteiger partial charge in [0.15, 0.2) is 11.0 Å². The summed E-state index contributed by atoms with van der Waals surface area (Å²) >= 11 is 11.5. The van der Waals surface area contributed by atoms with Gasteiger partial charge in [0.1, 0.15) is 17.5 Å². The summed E-state index contributed by atoms with van der Waals surface area (Å²) in [7, 11) is 0. The van der Waals surface area contributed by atoms with Gasteiger partial charge in [0.2, 0.25) is 17.0 Å². The zero-order valence-electron chi connectivity index (χ0n) is 13.7. The van der Waals surface area contributed by atoms with Crippen molar-refractivity contribution in [2.75, 3.05) is 13.2 Å². The van der Waals surface area contributed by atoms with E-state index in [1.54, 1.807) is 0 Å². The zero-order chi connectivity index (χ0) is 18.7. The minimum atomic E-state index is -0.915. The summed E-state index contributed by atoms with van der Waals surface area (Å²) in [6.07, 6.45) is 3.46. The number of nitrogens with zero attached hydrogens (tertiary/aromatic N) is 4. The van der Waals surface area contributed by atoms with Crippen molar-refractivity contribution in [3.05, 3.63) is 16.3 Å². The SMILES string of the molecule is N#C[C@H]1CCCCN[C@H](COc2nc(Cl)c(F)c3nc(Cl)nc(O)c23)C1. The quantitative estimate of drug-likeness (QED) is 0.602. The molecule has 3 rings (SSSR count). The molecule has 138 valence electrons. The predicted octanol–water partition coefficient (Wildman–Crippen LogP) is 3.23. The highest BCUT2D eigenvalue weighted by Gasteiger charge is 2.23. The van der Waals surface area contributed by atoms with E-state index in [2.05, 4.69) is 26.3 Å². The van der Waals surface area contributed by atoms with Crippen LogP contribution in [0.1, 0.15) is 25.7 Å². The number of ether oxygens (including phenoxy) is 1. The molecule has 26 heavy (non-hydrogen) atoms. The molecule has 7 nitrogen and oxygen atoms in total. The second-order valence-electron chi connectivity index (χ2n) is 6.08. The lowest BCUT2D eigenvalue weighted by molar-refractivity contribution is 0.231. The number of hydrogen-bond donors (Lipinski definition) is 2. The fourth-order valence-electron chi connectivity index (χ4n) is 2.96. The van der Waals surface area contributed by atoms with Crippen molar-refractivity contribution in [1.29, 1.82) is 5.26 Å². The van der Waals surface area contributed by atoms with Gasteiger partial charge in [0, 0.05) is 12.0 Å². The minimum absolute atomic E-state index is 0.0616. The Kier molecular flexibility index (Phi) is 5.91. The van der Waals surface area contributed by atoms with Crippen molar-refractivity contribution in [3.63, 3.8) is 0 Å². The lowest BCUT2D eigenvalue weighted by Gasteiger charge is -2.24. The summed E-state index contributed by atoms with van der Waals surface area (Å²) in [4.78, 5) is 11.2. The number of nitriles is 1. The third kappa shape index (κ3) is 4.06. The average Bonchev–Trinajstić information content (AvgIpc) is 2.57. The smallest absolute Gasteiger partial charge is 0.230 e. The largest absolute Gasteiger partial charge is 0.493 e. The molecule has 10 heteroatoms. The number of halogens is 3. The number of aromatic hydroxyl groups is 1. The average molecular weight is 400 g/mol. The molecular weight excluding hydrogens is 384 g/mol. The van der Waals surface area contributed by atoms with E-state index in [9.17, 15) is 14.8 Å². The Morgan fingerprint density at radius 2 is 2.12 bits per heavy atom. The van der Waals surface area contributed by atoms with Crippen LogP contribution < -0.4 is 10.1 Å². The first-order valence-electron chi connectivity index (χ1n) is 8.16. The van der Waals surface area contributed by atoms with E-state index in [0.717, 1.165) is 25.8 Å². The van der Waals surface area contributed by atoms with Crippen molar-refractivity contribution in [2.45, 2.75) is 31.7 Å². The molecular formula is C16H16Cl2FN5O2. The number of nitrogens with one attached hydrogen (secondary N) is 1. The van der Waals surface area contributed by atoms with E-state index < -0.39 is 16.9 Å². The van der Waals surface area contributed by atoms with Crippen LogP contribution in [-0.2, 0) is 0 Å². The maximum Gasteiger partial charge on any atom is 0.230 e. The molecule has 0 amide bonds. The molecule has 0 spiro atoms. The normalized spacial score (nSPS) is 21.0. The minimum Gasteiger partial charge on any atom is -0.493 e. The van der Waals surface area contributed by atoms with Gasteiger partial charge in [-0.1, -0.05) is 18.0 Å². The lowest BCUT2D eigenvalue weighted by Crippen LogP contribution is -2.38. The van der Waals surface area contributed by atoms with Gasteiger partial charge in [0.25, 0.3) is 0 Å². The van der Waals surface area contributed by atoms with Crippen LogP contribution in [0.25, 0.3) is 10.9 Å². The molecule has 2 atom stereocenters. The monoisotopic (exact) mass is 399 g/mol. The standard InChI is InChI=1S/C16H16Cl2FN5O2/c17-13-11(19)12-10(14(25)24-16(18)22-12)15(23-13)26-7-9-5-8(6-20)3-1-2-4-21-9/h8-9,21H,1-5,7H2,(H,22,24,25)/t8-,9-/m0/s1. The molecule has 1 fully saturated rings. The molecule has 0 aromatic carbocycles. The highest BCUT2D eigenvalue weighted by atomic mass is 35.5. The second kappa shape index (κ2) is 8.16. The topological polar surface area (TPSA) is 104 Å². The summed E-state index contributed by atoms with van der Waals surface area (Å²) in [5.41, 5.74) is -0.266. The van der Waals surface area contributed by atoms with Crippen molar-refractivity contribution in [3.8, 4) is 17.8 Å². The molecule has 0 unspecified atom stereocenters. The van der Waals surface area contributed by atoms with Gasteiger partial charge in [-0.05, 0) is 37.4 Å². The van der Waals surface area contributed by atoms with Gasteiger partial charge >= 0.3 is 0 Å². The van der Waals surface area contributed by atoms with E-state index in [0.29, 0.717) is 6.42 Å². The van der Waals surface area contributed by atoms with Crippen LogP contribution in [-0.4, -0.2) is 39.3 Å². The summed E-state index contributed by atoms with van der Waals surface area (Å²) in [6, 6.07) is 2.22. The van der Waals surface area contributed by atoms with Crippen LogP contribution in [0.15, 0.2) is 0 Å². The zero-order valence-corrected chi connectivity index (χ0v) is 15.2. The van der Waals surface area contributed by atoms with E-state index in [-0.39, 0.29) is 40.6 Å². The fraction of sp³-hybridized carbons (Fsp3) is 0.500. The Bertz CT molecular complexity index is 861. The summed E-state index contributed by atoms with van der Waals surface area (Å²) in [5.74, 6) is -1.60. The van der Waals surface area contributed by atoms with Gasteiger partial charge in [-0.15, -0.1) is 0 Å². The van der Waals surface area contributed by atoms with Crippen molar-refractivity contribution in [1.82, 2.24) is 20.3 Å². The predicted molar refractivity (Wildman–Crippen MR) is 93.8 cm³/mol. The first-order valence-corrected chi connectivity index (χ1v) is 8.92. The molecule has 1 aliphatic rings. The van der Waals surface area contributed by atoms with Crippen LogP contribution in [0.2, 0.25) is 10.4 Å². The molecule has 2 N–H and O–H groups in total. The Morgan fingerprint density at radius 3 is 2.88 bits per heavy atom. The maximum atomic E-state index is 14.2. The molecule has 1 saturated heterocycles. The van der Waals surface area contributed by atoms with Crippen molar-refractivity contribution in [2.24, 2.45) is 5.92 Å². The van der Waals surface area contributed by atoms with Crippen molar-refractivity contribution >= 4 is 34.1 Å². The summed E-state index contributed by atoms with van der Waals surface area (Å²) < 4.78 is 19.9. The second-order valence-corrected chi connectivity index (χ2v) is 6.78. The summed E-state index contributed by atoms with van der Waals surface area (Å²) in [6.45, 7) is 0.985. The Labute approximate surface area is 159 Å². The van der Waals surface area contributed by atoms with Crippen LogP contribution in [0, 0.1) is 23.1 Å². The summed E-state index contributed by atoms with van der Waals surface area (Å²) in [5, 5.41) is 21.7. The van der Waals surface area contributed by atoms with Crippen LogP contribution >= 0.6 is 23.2 Å². The van der Waals surface area contributed by atoms with E-state index in [4.69, 9.17) is 27.9 Å². The molecule has 0 saturated carbocycles. The molecule has 3 heterocycles. The van der Waals surface area contributed by atoms with E-state index in [1.807, 2.05) is 0 Å². The molecule has 2 aromatic heterocycles. The third-order valence-electron chi connectivity index (χ3n) is 4.25. The Hall–Kier alpha value is -1.95. The van der Waals surface area contributed by atoms with Crippen LogP contribution in [0.3, 0.4) is 0 Å². The third-order valence-corrected chi connectivity index (χ3v) is 4.67. The molecule has 0 radical (unpaired) electrons. The first kappa shape index (κ1) is 18.8. The van der Waals surface area contributed by atoms with Crippen LogP contribution in [0.4, 0.5) is 4.39 Å². The van der Waals surface area contributed by atoms with Gasteiger partial charge in [0.05, 0.1) is 6.07 Å². The van der Waals surface area contributed by atoms with Crippen LogP contribution in [0.5, 0.6) is 11.8 Å². The number of pyridine rings is 1. The lowest BCUT2D eigenvalue weighted by atomic mass is 9.94. The number of rotatable bonds is 3. The molecule has 1 aliphatic heterocycles.